The van der Waals surface area contributed by atoms with Crippen LogP contribution >= 0.6 is 0 Å². The minimum Gasteiger partial charge on any atom is -0.497 e. The summed E-state index contributed by atoms with van der Waals surface area (Å²) in [5.74, 6) is 1.12. The second-order valence-corrected chi connectivity index (χ2v) is 7.41. The van der Waals surface area contributed by atoms with E-state index in [0.29, 0.717) is 22.9 Å². The fraction of sp³-hybridized carbons (Fsp3) is 0.167. The lowest BCUT2D eigenvalue weighted by atomic mass is 10.1. The number of benzene rings is 2. The third-order valence-electron chi connectivity index (χ3n) is 3.92. The molecule has 0 amide bonds. The Balaban J connectivity index is 2.30. The fourth-order valence-electron chi connectivity index (χ4n) is 2.65. The highest BCUT2D eigenvalue weighted by atomic mass is 32.2. The number of hydrogen-bond donors (Lipinski definition) is 0. The number of hydrogen-bond acceptors (Lipinski definition) is 6. The van der Waals surface area contributed by atoms with Crippen molar-refractivity contribution in [3.05, 3.63) is 53.1 Å². The van der Waals surface area contributed by atoms with Crippen LogP contribution in [0, 0.1) is 18.3 Å². The molecule has 0 fully saturated rings. The molecule has 2 aromatic carbocycles. The number of nitrogens with zero attached hydrogens (tertiary/aromatic N) is 2. The Hall–Kier alpha value is -2.98. The summed E-state index contributed by atoms with van der Waals surface area (Å²) in [4.78, 5) is 1.44. The van der Waals surface area contributed by atoms with E-state index in [4.69, 9.17) is 9.47 Å². The summed E-state index contributed by atoms with van der Waals surface area (Å²) in [6.07, 6.45) is 1.32. The predicted octanol–water partition coefficient (Wildman–Crippen LogP) is 3.30. The van der Waals surface area contributed by atoms with Gasteiger partial charge in [0, 0.05) is 24.4 Å². The zero-order valence-electron chi connectivity index (χ0n) is 14.0. The number of methoxy groups -OCH3 is 2. The third kappa shape index (κ3) is 2.81. The first-order chi connectivity index (χ1) is 11.9. The van der Waals surface area contributed by atoms with Crippen LogP contribution in [0.1, 0.15) is 5.56 Å². The van der Waals surface area contributed by atoms with Crippen LogP contribution in [-0.4, -0.2) is 22.6 Å². The molecule has 25 heavy (non-hydrogen) atoms. The molecule has 1 heterocycles. The Labute approximate surface area is 146 Å². The van der Waals surface area contributed by atoms with Crippen molar-refractivity contribution in [3.8, 4) is 17.6 Å². The fourth-order valence-corrected chi connectivity index (χ4v) is 3.93. The van der Waals surface area contributed by atoms with Crippen LogP contribution in [0.15, 0.2) is 52.4 Å². The van der Waals surface area contributed by atoms with E-state index in [0.717, 1.165) is 5.56 Å². The number of anilines is 2. The molecular formula is C18H16N2O4S. The van der Waals surface area contributed by atoms with Crippen LogP contribution in [0.3, 0.4) is 0 Å². The van der Waals surface area contributed by atoms with Crippen molar-refractivity contribution in [1.82, 2.24) is 0 Å². The quantitative estimate of drug-likeness (QED) is 0.839. The van der Waals surface area contributed by atoms with Crippen LogP contribution in [-0.2, 0) is 9.84 Å². The third-order valence-corrected chi connectivity index (χ3v) is 5.62. The van der Waals surface area contributed by atoms with Gasteiger partial charge in [0.25, 0.3) is 0 Å². The molecule has 0 bridgehead atoms. The van der Waals surface area contributed by atoms with E-state index in [9.17, 15) is 13.7 Å². The number of nitriles is 1. The Kier molecular flexibility index (Phi) is 4.15. The van der Waals surface area contributed by atoms with Gasteiger partial charge < -0.3 is 14.4 Å². The number of allylic oxidation sites excluding steroid dienone is 1. The number of rotatable bonds is 3. The lowest BCUT2D eigenvalue weighted by Crippen LogP contribution is -2.21. The maximum Gasteiger partial charge on any atom is 0.220 e. The minimum absolute atomic E-state index is 0.0962. The summed E-state index contributed by atoms with van der Waals surface area (Å²) in [6, 6.07) is 12.0. The molecule has 1 aliphatic rings. The van der Waals surface area contributed by atoms with Crippen molar-refractivity contribution in [1.29, 1.82) is 5.26 Å². The number of ether oxygens (including phenoxy) is 2. The van der Waals surface area contributed by atoms with Crippen LogP contribution < -0.4 is 14.4 Å². The van der Waals surface area contributed by atoms with E-state index in [1.165, 1.54) is 26.5 Å². The molecule has 0 spiro atoms. The summed E-state index contributed by atoms with van der Waals surface area (Å²) >= 11 is 0. The molecule has 0 radical (unpaired) electrons. The Morgan fingerprint density at radius 1 is 1.04 bits per heavy atom. The van der Waals surface area contributed by atoms with Gasteiger partial charge in [-0.05, 0) is 24.6 Å². The minimum atomic E-state index is -3.83. The van der Waals surface area contributed by atoms with E-state index in [1.54, 1.807) is 41.3 Å². The summed E-state index contributed by atoms with van der Waals surface area (Å²) in [7, 11) is -0.755. The maximum atomic E-state index is 12.6. The highest BCUT2D eigenvalue weighted by Crippen LogP contribution is 2.41. The average molecular weight is 356 g/mol. The first-order valence-electron chi connectivity index (χ1n) is 7.40. The maximum absolute atomic E-state index is 12.6. The lowest BCUT2D eigenvalue weighted by Gasteiger charge is -2.28. The van der Waals surface area contributed by atoms with Gasteiger partial charge in [-0.1, -0.05) is 6.07 Å². The van der Waals surface area contributed by atoms with Crippen molar-refractivity contribution in [2.45, 2.75) is 11.8 Å². The molecule has 0 saturated heterocycles. The van der Waals surface area contributed by atoms with Crippen LogP contribution in [0.25, 0.3) is 0 Å². The van der Waals surface area contributed by atoms with Crippen molar-refractivity contribution >= 4 is 21.2 Å². The molecule has 0 aliphatic carbocycles. The van der Waals surface area contributed by atoms with E-state index in [1.807, 2.05) is 6.92 Å². The Bertz CT molecular complexity index is 998. The molecule has 0 unspecified atom stereocenters. The largest absolute Gasteiger partial charge is 0.497 e. The van der Waals surface area contributed by atoms with Crippen LogP contribution in [0.4, 0.5) is 11.4 Å². The van der Waals surface area contributed by atoms with E-state index in [-0.39, 0.29) is 9.80 Å². The Morgan fingerprint density at radius 3 is 2.24 bits per heavy atom. The molecule has 6 nitrogen and oxygen atoms in total. The normalized spacial score (nSPS) is 15.0. The van der Waals surface area contributed by atoms with Gasteiger partial charge in [0.2, 0.25) is 9.84 Å². The van der Waals surface area contributed by atoms with Gasteiger partial charge in [-0.2, -0.15) is 5.26 Å². The standard InChI is InChI=1S/C18H16N2O4S/c1-12-4-5-18-17(6-12)20(11-16(10-19)25(18,21)22)13-7-14(23-2)9-15(8-13)24-3/h4-9,11H,1-3H3. The second kappa shape index (κ2) is 6.15. The highest BCUT2D eigenvalue weighted by Gasteiger charge is 2.32. The highest BCUT2D eigenvalue weighted by molar-refractivity contribution is 7.95. The Morgan fingerprint density at radius 2 is 1.68 bits per heavy atom. The second-order valence-electron chi connectivity index (χ2n) is 5.52. The van der Waals surface area contributed by atoms with Gasteiger partial charge >= 0.3 is 0 Å². The zero-order valence-corrected chi connectivity index (χ0v) is 14.8. The van der Waals surface area contributed by atoms with E-state index < -0.39 is 9.84 Å². The van der Waals surface area contributed by atoms with Crippen LogP contribution in [0.5, 0.6) is 11.5 Å². The van der Waals surface area contributed by atoms with Gasteiger partial charge in [0.05, 0.1) is 30.5 Å². The van der Waals surface area contributed by atoms with Gasteiger partial charge in [-0.3, -0.25) is 0 Å². The molecule has 128 valence electrons. The van der Waals surface area contributed by atoms with E-state index >= 15 is 0 Å². The van der Waals surface area contributed by atoms with Crippen molar-refractivity contribution in [3.63, 3.8) is 0 Å². The number of sulfone groups is 1. The average Bonchev–Trinajstić information content (AvgIpc) is 2.61. The van der Waals surface area contributed by atoms with Gasteiger partial charge in [0.15, 0.2) is 4.91 Å². The molecule has 0 saturated carbocycles. The van der Waals surface area contributed by atoms with Gasteiger partial charge in [-0.25, -0.2) is 8.42 Å². The SMILES string of the molecule is COc1cc(OC)cc(N2C=C(C#N)S(=O)(=O)c3ccc(C)cc32)c1. The molecule has 0 aromatic heterocycles. The first-order valence-corrected chi connectivity index (χ1v) is 8.89. The molecule has 3 rings (SSSR count). The number of aryl methyl sites for hydroxylation is 1. The summed E-state index contributed by atoms with van der Waals surface area (Å²) in [5, 5.41) is 9.30. The van der Waals surface area contributed by atoms with Crippen molar-refractivity contribution in [2.24, 2.45) is 0 Å². The van der Waals surface area contributed by atoms with Crippen LogP contribution in [0.2, 0.25) is 0 Å². The predicted molar refractivity (Wildman–Crippen MR) is 93.7 cm³/mol. The van der Waals surface area contributed by atoms with Crippen molar-refractivity contribution in [2.75, 3.05) is 19.1 Å². The molecule has 0 N–H and O–H groups in total. The molecular weight excluding hydrogens is 340 g/mol. The zero-order chi connectivity index (χ0) is 18.2. The summed E-state index contributed by atoms with van der Waals surface area (Å²) < 4.78 is 35.8. The smallest absolute Gasteiger partial charge is 0.220 e. The summed E-state index contributed by atoms with van der Waals surface area (Å²) in [6.45, 7) is 1.88. The molecule has 0 atom stereocenters. The topological polar surface area (TPSA) is 79.6 Å². The first kappa shape index (κ1) is 16.9. The molecule has 7 heteroatoms. The lowest BCUT2D eigenvalue weighted by molar-refractivity contribution is 0.394. The molecule has 1 aliphatic heterocycles. The molecule has 2 aromatic rings. The number of fused-ring (bicyclic) bond motifs is 1. The van der Waals surface area contributed by atoms with Gasteiger partial charge in [-0.15, -0.1) is 0 Å². The van der Waals surface area contributed by atoms with Gasteiger partial charge in [0.1, 0.15) is 17.6 Å². The van der Waals surface area contributed by atoms with Crippen molar-refractivity contribution < 1.29 is 17.9 Å². The summed E-state index contributed by atoms with van der Waals surface area (Å²) in [5.41, 5.74) is 2.02. The monoisotopic (exact) mass is 356 g/mol. The van der Waals surface area contributed by atoms with E-state index in [2.05, 4.69) is 0 Å².